The summed E-state index contributed by atoms with van der Waals surface area (Å²) in [5.41, 5.74) is 2.23. The highest BCUT2D eigenvalue weighted by Gasteiger charge is 2.24. The molecule has 24 heavy (non-hydrogen) atoms. The number of carbonyl (C=O) groups is 1. The van der Waals surface area contributed by atoms with E-state index in [4.69, 9.17) is 0 Å². The number of amides is 1. The maximum Gasteiger partial charge on any atom is 0.233 e. The number of piperidine rings is 1. The van der Waals surface area contributed by atoms with Crippen LogP contribution < -0.4 is 0 Å². The summed E-state index contributed by atoms with van der Waals surface area (Å²) in [5.74, 6) is 1.44. The predicted octanol–water partition coefficient (Wildman–Crippen LogP) is 3.38. The van der Waals surface area contributed by atoms with Gasteiger partial charge in [0.1, 0.15) is 5.82 Å². The highest BCUT2D eigenvalue weighted by molar-refractivity contribution is 7.99. The van der Waals surface area contributed by atoms with E-state index in [2.05, 4.69) is 36.2 Å². The first-order chi connectivity index (χ1) is 11.6. The Morgan fingerprint density at radius 3 is 2.88 bits per heavy atom. The van der Waals surface area contributed by atoms with Crippen molar-refractivity contribution in [2.75, 3.05) is 12.3 Å². The summed E-state index contributed by atoms with van der Waals surface area (Å²) in [6.07, 6.45) is 3.44. The van der Waals surface area contributed by atoms with Gasteiger partial charge in [-0.3, -0.25) is 9.36 Å². The molecule has 0 spiro atoms. The van der Waals surface area contributed by atoms with Gasteiger partial charge in [0.25, 0.3) is 0 Å². The van der Waals surface area contributed by atoms with Crippen LogP contribution in [0.3, 0.4) is 0 Å². The topological polar surface area (TPSA) is 51.0 Å². The fraction of sp³-hybridized carbons (Fsp3) is 0.500. The van der Waals surface area contributed by atoms with Crippen molar-refractivity contribution in [2.45, 2.75) is 51.2 Å². The number of nitrogens with zero attached hydrogens (tertiary/aromatic N) is 4. The maximum absolute atomic E-state index is 12.5. The molecule has 0 saturated carbocycles. The molecule has 0 N–H and O–H groups in total. The molecule has 0 bridgehead atoms. The zero-order valence-corrected chi connectivity index (χ0v) is 15.3. The van der Waals surface area contributed by atoms with E-state index in [0.717, 1.165) is 36.1 Å². The van der Waals surface area contributed by atoms with Crippen LogP contribution >= 0.6 is 11.8 Å². The van der Waals surface area contributed by atoms with E-state index < -0.39 is 0 Å². The van der Waals surface area contributed by atoms with Crippen LogP contribution in [0.5, 0.6) is 0 Å². The van der Waals surface area contributed by atoms with Gasteiger partial charge in [-0.15, -0.1) is 10.2 Å². The van der Waals surface area contributed by atoms with Gasteiger partial charge in [-0.2, -0.15) is 0 Å². The first-order valence-electron chi connectivity index (χ1n) is 8.47. The number of thioether (sulfide) groups is 1. The second-order valence-electron chi connectivity index (χ2n) is 6.42. The van der Waals surface area contributed by atoms with Crippen LogP contribution in [0, 0.1) is 13.8 Å². The van der Waals surface area contributed by atoms with E-state index in [0.29, 0.717) is 11.8 Å². The molecule has 1 saturated heterocycles. The van der Waals surface area contributed by atoms with Crippen molar-refractivity contribution in [3.8, 4) is 5.69 Å². The Balaban J connectivity index is 1.73. The average Bonchev–Trinajstić information content (AvgIpc) is 2.94. The number of hydrogen-bond donors (Lipinski definition) is 0. The van der Waals surface area contributed by atoms with Gasteiger partial charge in [0.15, 0.2) is 5.16 Å². The average molecular weight is 344 g/mol. The standard InChI is InChI=1S/C18H24N4OS/c1-13-7-6-9-16(11-13)22-15(3)19-20-18(22)24-12-17(23)21-10-5-4-8-14(21)2/h6-7,9,11,14H,4-5,8,10,12H2,1-3H3/t14-/m0/s1. The lowest BCUT2D eigenvalue weighted by Gasteiger charge is -2.33. The number of aromatic nitrogens is 3. The van der Waals surface area contributed by atoms with Gasteiger partial charge in [0.05, 0.1) is 5.75 Å². The minimum atomic E-state index is 0.198. The highest BCUT2D eigenvalue weighted by Crippen LogP contribution is 2.24. The van der Waals surface area contributed by atoms with E-state index in [1.165, 1.54) is 23.7 Å². The number of rotatable bonds is 4. The lowest BCUT2D eigenvalue weighted by molar-refractivity contribution is -0.131. The van der Waals surface area contributed by atoms with Gasteiger partial charge in [-0.1, -0.05) is 23.9 Å². The van der Waals surface area contributed by atoms with Crippen molar-refractivity contribution in [3.05, 3.63) is 35.7 Å². The zero-order chi connectivity index (χ0) is 17.1. The molecule has 1 fully saturated rings. The molecular formula is C18H24N4OS. The Kier molecular flexibility index (Phi) is 5.23. The molecule has 0 radical (unpaired) electrons. The van der Waals surface area contributed by atoms with Crippen molar-refractivity contribution in [3.63, 3.8) is 0 Å². The smallest absolute Gasteiger partial charge is 0.233 e. The molecular weight excluding hydrogens is 320 g/mol. The zero-order valence-electron chi connectivity index (χ0n) is 14.5. The number of carbonyl (C=O) groups excluding carboxylic acids is 1. The number of benzene rings is 1. The molecule has 6 heteroatoms. The number of aryl methyl sites for hydroxylation is 2. The van der Waals surface area contributed by atoms with Gasteiger partial charge in [-0.05, 0) is 57.7 Å². The Hall–Kier alpha value is -1.82. The summed E-state index contributed by atoms with van der Waals surface area (Å²) in [5, 5.41) is 9.23. The Bertz CT molecular complexity index is 728. The van der Waals surface area contributed by atoms with Gasteiger partial charge in [0, 0.05) is 18.3 Å². The number of likely N-dealkylation sites (tertiary alicyclic amines) is 1. The first-order valence-corrected chi connectivity index (χ1v) is 9.46. The third kappa shape index (κ3) is 3.64. The third-order valence-electron chi connectivity index (χ3n) is 4.50. The van der Waals surface area contributed by atoms with E-state index in [-0.39, 0.29) is 5.91 Å². The maximum atomic E-state index is 12.5. The monoisotopic (exact) mass is 344 g/mol. The molecule has 0 aliphatic carbocycles. The van der Waals surface area contributed by atoms with E-state index in [1.807, 2.05) is 28.5 Å². The molecule has 5 nitrogen and oxygen atoms in total. The molecule has 0 unspecified atom stereocenters. The van der Waals surface area contributed by atoms with E-state index in [9.17, 15) is 4.79 Å². The second kappa shape index (κ2) is 7.38. The minimum absolute atomic E-state index is 0.198. The summed E-state index contributed by atoms with van der Waals surface area (Å²) in [7, 11) is 0. The SMILES string of the molecule is Cc1cccc(-n2c(C)nnc2SCC(=O)N2CCCC[C@@H]2C)c1. The summed E-state index contributed by atoms with van der Waals surface area (Å²) >= 11 is 1.47. The summed E-state index contributed by atoms with van der Waals surface area (Å²) < 4.78 is 2.02. The van der Waals surface area contributed by atoms with Gasteiger partial charge in [0.2, 0.25) is 5.91 Å². The fourth-order valence-corrected chi connectivity index (χ4v) is 4.06. The lowest BCUT2D eigenvalue weighted by Crippen LogP contribution is -2.42. The largest absolute Gasteiger partial charge is 0.339 e. The van der Waals surface area contributed by atoms with Crippen molar-refractivity contribution in [1.29, 1.82) is 0 Å². The Labute approximate surface area is 147 Å². The third-order valence-corrected chi connectivity index (χ3v) is 5.42. The van der Waals surface area contributed by atoms with Gasteiger partial charge in [-0.25, -0.2) is 0 Å². The second-order valence-corrected chi connectivity index (χ2v) is 7.37. The van der Waals surface area contributed by atoms with Crippen LogP contribution in [0.1, 0.15) is 37.6 Å². The predicted molar refractivity (Wildman–Crippen MR) is 96.6 cm³/mol. The van der Waals surface area contributed by atoms with Crippen molar-refractivity contribution < 1.29 is 4.79 Å². The fourth-order valence-electron chi connectivity index (χ4n) is 3.18. The van der Waals surface area contributed by atoms with Crippen LogP contribution in [0.15, 0.2) is 29.4 Å². The molecule has 1 atom stereocenters. The molecule has 1 aliphatic rings. The first kappa shape index (κ1) is 17.0. The molecule has 2 aromatic rings. The number of hydrogen-bond acceptors (Lipinski definition) is 4. The Morgan fingerprint density at radius 2 is 2.12 bits per heavy atom. The lowest BCUT2D eigenvalue weighted by atomic mass is 10.0. The Morgan fingerprint density at radius 1 is 1.29 bits per heavy atom. The summed E-state index contributed by atoms with van der Waals surface area (Å²) in [6.45, 7) is 7.02. The summed E-state index contributed by atoms with van der Waals surface area (Å²) in [6, 6.07) is 8.59. The van der Waals surface area contributed by atoms with Crippen LogP contribution in [-0.2, 0) is 4.79 Å². The summed E-state index contributed by atoms with van der Waals surface area (Å²) in [4.78, 5) is 14.5. The quantitative estimate of drug-likeness (QED) is 0.798. The molecule has 1 amide bonds. The van der Waals surface area contributed by atoms with Gasteiger partial charge < -0.3 is 4.90 Å². The minimum Gasteiger partial charge on any atom is -0.339 e. The van der Waals surface area contributed by atoms with Gasteiger partial charge >= 0.3 is 0 Å². The molecule has 3 rings (SSSR count). The van der Waals surface area contributed by atoms with Crippen LogP contribution in [0.25, 0.3) is 5.69 Å². The normalized spacial score (nSPS) is 18.0. The highest BCUT2D eigenvalue weighted by atomic mass is 32.2. The van der Waals surface area contributed by atoms with Crippen LogP contribution in [0.4, 0.5) is 0 Å². The van der Waals surface area contributed by atoms with Crippen molar-refractivity contribution >= 4 is 17.7 Å². The molecule has 128 valence electrons. The van der Waals surface area contributed by atoms with E-state index in [1.54, 1.807) is 0 Å². The van der Waals surface area contributed by atoms with Crippen LogP contribution in [-0.4, -0.2) is 43.9 Å². The van der Waals surface area contributed by atoms with Crippen molar-refractivity contribution in [1.82, 2.24) is 19.7 Å². The molecule has 1 aliphatic heterocycles. The molecule has 1 aromatic carbocycles. The molecule has 1 aromatic heterocycles. The van der Waals surface area contributed by atoms with Crippen molar-refractivity contribution in [2.24, 2.45) is 0 Å². The van der Waals surface area contributed by atoms with E-state index >= 15 is 0 Å². The van der Waals surface area contributed by atoms with Crippen LogP contribution in [0.2, 0.25) is 0 Å². The molecule has 2 heterocycles.